The van der Waals surface area contributed by atoms with Crippen molar-refractivity contribution in [2.75, 3.05) is 12.8 Å². The van der Waals surface area contributed by atoms with E-state index in [1.807, 2.05) is 11.8 Å². The van der Waals surface area contributed by atoms with E-state index in [9.17, 15) is 0 Å². The van der Waals surface area contributed by atoms with Crippen LogP contribution in [0.1, 0.15) is 57.7 Å². The molecule has 1 nitrogen and oxygen atoms in total. The van der Waals surface area contributed by atoms with Crippen LogP contribution in [0.25, 0.3) is 0 Å². The van der Waals surface area contributed by atoms with Crippen LogP contribution in [0.3, 0.4) is 0 Å². The first-order valence-electron chi connectivity index (χ1n) is 6.74. The van der Waals surface area contributed by atoms with Gasteiger partial charge in [0.1, 0.15) is 0 Å². The Morgan fingerprint density at radius 1 is 1.06 bits per heavy atom. The lowest BCUT2D eigenvalue weighted by molar-refractivity contribution is 0.522. The summed E-state index contributed by atoms with van der Waals surface area (Å²) in [5, 5.41) is 3.62. The molecule has 0 radical (unpaired) electrons. The van der Waals surface area contributed by atoms with Crippen LogP contribution in [0.15, 0.2) is 24.3 Å². The summed E-state index contributed by atoms with van der Waals surface area (Å²) < 4.78 is 0.298. The van der Waals surface area contributed by atoms with Gasteiger partial charge in [-0.3, -0.25) is 0 Å². The van der Waals surface area contributed by atoms with E-state index in [1.54, 1.807) is 0 Å². The van der Waals surface area contributed by atoms with Gasteiger partial charge in [0.05, 0.1) is 0 Å². The Kier molecular flexibility index (Phi) is 5.74. The van der Waals surface area contributed by atoms with Crippen LogP contribution in [-0.2, 0) is 0 Å². The average molecular weight is 265 g/mol. The fourth-order valence-corrected chi connectivity index (χ4v) is 1.99. The molecule has 0 saturated carbocycles. The van der Waals surface area contributed by atoms with E-state index in [4.69, 9.17) is 0 Å². The van der Waals surface area contributed by atoms with Crippen molar-refractivity contribution >= 4 is 11.8 Å². The number of benzene rings is 1. The molecule has 0 amide bonds. The SMILES string of the molecule is CSC(C)(C)CNC(C)c1ccc(C(C)C)cc1. The molecule has 1 rings (SSSR count). The van der Waals surface area contributed by atoms with E-state index in [1.165, 1.54) is 11.1 Å². The smallest absolute Gasteiger partial charge is 0.0292 e. The van der Waals surface area contributed by atoms with Crippen LogP contribution in [0.2, 0.25) is 0 Å². The van der Waals surface area contributed by atoms with Crippen molar-refractivity contribution in [3.8, 4) is 0 Å². The van der Waals surface area contributed by atoms with E-state index in [2.05, 4.69) is 70.5 Å². The minimum Gasteiger partial charge on any atom is -0.309 e. The third-order valence-electron chi connectivity index (χ3n) is 3.49. The largest absolute Gasteiger partial charge is 0.309 e. The fourth-order valence-electron chi connectivity index (χ4n) is 1.76. The van der Waals surface area contributed by atoms with E-state index in [0.717, 1.165) is 6.54 Å². The van der Waals surface area contributed by atoms with E-state index < -0.39 is 0 Å². The highest BCUT2D eigenvalue weighted by atomic mass is 32.2. The maximum atomic E-state index is 3.62. The quantitative estimate of drug-likeness (QED) is 0.806. The van der Waals surface area contributed by atoms with Gasteiger partial charge in [-0.15, -0.1) is 0 Å². The molecule has 18 heavy (non-hydrogen) atoms. The number of thioether (sulfide) groups is 1. The summed E-state index contributed by atoms with van der Waals surface area (Å²) in [6.07, 6.45) is 2.17. The Hall–Kier alpha value is -0.470. The Balaban J connectivity index is 2.59. The van der Waals surface area contributed by atoms with Gasteiger partial charge in [-0.25, -0.2) is 0 Å². The van der Waals surface area contributed by atoms with Crippen molar-refractivity contribution in [1.29, 1.82) is 0 Å². The Labute approximate surface area is 117 Å². The Morgan fingerprint density at radius 2 is 1.56 bits per heavy atom. The van der Waals surface area contributed by atoms with Crippen molar-refractivity contribution in [2.24, 2.45) is 0 Å². The maximum absolute atomic E-state index is 3.62. The molecule has 0 spiro atoms. The fraction of sp³-hybridized carbons (Fsp3) is 0.625. The normalized spacial score (nSPS) is 13.9. The van der Waals surface area contributed by atoms with Crippen molar-refractivity contribution in [1.82, 2.24) is 5.32 Å². The highest BCUT2D eigenvalue weighted by Gasteiger charge is 2.17. The summed E-state index contributed by atoms with van der Waals surface area (Å²) in [4.78, 5) is 0. The molecule has 0 aliphatic heterocycles. The molecule has 0 aliphatic carbocycles. The number of nitrogens with one attached hydrogen (secondary N) is 1. The summed E-state index contributed by atoms with van der Waals surface area (Å²) in [6.45, 7) is 12.3. The third-order valence-corrected chi connectivity index (χ3v) is 4.74. The maximum Gasteiger partial charge on any atom is 0.0292 e. The molecule has 0 fully saturated rings. The zero-order valence-corrected chi connectivity index (χ0v) is 13.4. The van der Waals surface area contributed by atoms with Gasteiger partial charge >= 0.3 is 0 Å². The molecule has 2 heteroatoms. The van der Waals surface area contributed by atoms with Crippen molar-refractivity contribution in [2.45, 2.75) is 51.3 Å². The summed E-state index contributed by atoms with van der Waals surface area (Å²) in [7, 11) is 0. The lowest BCUT2D eigenvalue weighted by atomic mass is 9.99. The van der Waals surface area contributed by atoms with E-state index >= 15 is 0 Å². The molecule has 1 N–H and O–H groups in total. The first-order valence-corrected chi connectivity index (χ1v) is 7.96. The van der Waals surface area contributed by atoms with Crippen molar-refractivity contribution < 1.29 is 0 Å². The van der Waals surface area contributed by atoms with Gasteiger partial charge < -0.3 is 5.32 Å². The second-order valence-corrected chi connectivity index (χ2v) is 7.40. The van der Waals surface area contributed by atoms with Gasteiger partial charge in [0.25, 0.3) is 0 Å². The lowest BCUT2D eigenvalue weighted by Gasteiger charge is -2.25. The molecule has 0 bridgehead atoms. The molecule has 0 aromatic heterocycles. The van der Waals surface area contributed by atoms with Crippen molar-refractivity contribution in [3.05, 3.63) is 35.4 Å². The van der Waals surface area contributed by atoms with Gasteiger partial charge in [0.15, 0.2) is 0 Å². The molecular weight excluding hydrogens is 238 g/mol. The van der Waals surface area contributed by atoms with Gasteiger partial charge in [-0.2, -0.15) is 11.8 Å². The van der Waals surface area contributed by atoms with E-state index in [-0.39, 0.29) is 0 Å². The summed E-state index contributed by atoms with van der Waals surface area (Å²) in [5.41, 5.74) is 2.78. The Bertz CT molecular complexity index is 354. The van der Waals surface area contributed by atoms with Crippen LogP contribution in [-0.4, -0.2) is 17.5 Å². The van der Waals surface area contributed by atoms with Crippen LogP contribution in [0, 0.1) is 0 Å². The second kappa shape index (κ2) is 6.63. The van der Waals surface area contributed by atoms with Gasteiger partial charge in [-0.05, 0) is 44.1 Å². The highest BCUT2D eigenvalue weighted by molar-refractivity contribution is 7.99. The molecule has 102 valence electrons. The predicted molar refractivity (Wildman–Crippen MR) is 84.5 cm³/mol. The second-order valence-electron chi connectivity index (χ2n) is 5.89. The predicted octanol–water partition coefficient (Wildman–Crippen LogP) is 4.60. The minimum atomic E-state index is 0.298. The minimum absolute atomic E-state index is 0.298. The molecule has 1 aromatic carbocycles. The van der Waals surface area contributed by atoms with Gasteiger partial charge in [0, 0.05) is 17.3 Å². The molecule has 0 saturated heterocycles. The van der Waals surface area contributed by atoms with E-state index in [0.29, 0.717) is 16.7 Å². The molecule has 1 atom stereocenters. The summed E-state index contributed by atoms with van der Waals surface area (Å²) in [5.74, 6) is 0.609. The molecule has 0 aliphatic rings. The average Bonchev–Trinajstić information content (AvgIpc) is 2.36. The first kappa shape index (κ1) is 15.6. The topological polar surface area (TPSA) is 12.0 Å². The van der Waals surface area contributed by atoms with Crippen LogP contribution < -0.4 is 5.32 Å². The van der Waals surface area contributed by atoms with Crippen molar-refractivity contribution in [3.63, 3.8) is 0 Å². The van der Waals surface area contributed by atoms with Crippen LogP contribution in [0.5, 0.6) is 0 Å². The van der Waals surface area contributed by atoms with Gasteiger partial charge in [0.2, 0.25) is 0 Å². The standard InChI is InChI=1S/C16H27NS/c1-12(2)14-7-9-15(10-8-14)13(3)17-11-16(4,5)18-6/h7-10,12-13,17H,11H2,1-6H3. The Morgan fingerprint density at radius 3 is 2.00 bits per heavy atom. The molecule has 1 aromatic rings. The molecule has 1 unspecified atom stereocenters. The lowest BCUT2D eigenvalue weighted by Crippen LogP contribution is -2.33. The van der Waals surface area contributed by atoms with Crippen LogP contribution >= 0.6 is 11.8 Å². The third kappa shape index (κ3) is 4.66. The summed E-state index contributed by atoms with van der Waals surface area (Å²) in [6, 6.07) is 9.41. The zero-order valence-electron chi connectivity index (χ0n) is 12.6. The first-order chi connectivity index (χ1) is 8.35. The number of hydrogen-bond donors (Lipinski definition) is 1. The number of hydrogen-bond acceptors (Lipinski definition) is 2. The zero-order chi connectivity index (χ0) is 13.8. The summed E-state index contributed by atoms with van der Waals surface area (Å²) >= 11 is 1.91. The monoisotopic (exact) mass is 265 g/mol. The highest BCUT2D eigenvalue weighted by Crippen LogP contribution is 2.22. The van der Waals surface area contributed by atoms with Gasteiger partial charge in [-0.1, -0.05) is 38.1 Å². The number of rotatable bonds is 6. The molecular formula is C16H27NS. The van der Waals surface area contributed by atoms with Crippen LogP contribution in [0.4, 0.5) is 0 Å². The molecule has 0 heterocycles.